The Balaban J connectivity index is -0.00000103. The highest BCUT2D eigenvalue weighted by molar-refractivity contribution is 5.69. The summed E-state index contributed by atoms with van der Waals surface area (Å²) in [7, 11) is 0. The summed E-state index contributed by atoms with van der Waals surface area (Å²) in [5.41, 5.74) is 0. The number of rotatable bonds is 57. The van der Waals surface area contributed by atoms with Crippen molar-refractivity contribution in [3.63, 3.8) is 0 Å². The van der Waals surface area contributed by atoms with Crippen LogP contribution in [0.1, 0.15) is 362 Å². The first kappa shape index (κ1) is 74.8. The van der Waals surface area contributed by atoms with E-state index in [0.29, 0.717) is 26.1 Å². The number of carbonyl (C=O) groups excluding carboxylic acids is 2. The first-order chi connectivity index (χ1) is 35.4. The minimum absolute atomic E-state index is 0.00979. The second-order valence-electron chi connectivity index (χ2n) is 21.6. The van der Waals surface area contributed by atoms with E-state index in [4.69, 9.17) is 24.8 Å². The summed E-state index contributed by atoms with van der Waals surface area (Å²) >= 11 is 0. The minimum atomic E-state index is -0.954. The van der Waals surface area contributed by atoms with Crippen molar-refractivity contribution in [1.82, 2.24) is 0 Å². The summed E-state index contributed by atoms with van der Waals surface area (Å²) in [6, 6.07) is 0. The fourth-order valence-electron chi connectivity index (χ4n) is 9.10. The van der Waals surface area contributed by atoms with Crippen LogP contribution in [-0.4, -0.2) is 59.8 Å². The van der Waals surface area contributed by atoms with Gasteiger partial charge < -0.3 is 24.8 Å². The predicted molar refractivity (Wildman–Crippen MR) is 314 cm³/mol. The normalized spacial score (nSPS) is 11.6. The van der Waals surface area contributed by atoms with Gasteiger partial charge in [0.1, 0.15) is 12.7 Å². The molecule has 0 heterocycles. The Morgan fingerprint density at radius 1 is 0.333 bits per heavy atom. The second-order valence-corrected chi connectivity index (χ2v) is 21.6. The summed E-state index contributed by atoms with van der Waals surface area (Å²) in [6.07, 6.45) is 70.6. The molecule has 0 aliphatic carbocycles. The molecule has 0 aromatic heterocycles. The molecule has 1 unspecified atom stereocenters. The van der Waals surface area contributed by atoms with Crippen LogP contribution in [0.3, 0.4) is 0 Å². The first-order valence-electron chi connectivity index (χ1n) is 32.3. The van der Waals surface area contributed by atoms with Gasteiger partial charge in [-0.25, -0.2) is 0 Å². The zero-order valence-corrected chi connectivity index (χ0v) is 49.3. The average Bonchev–Trinajstić information content (AvgIpc) is 3.39. The number of ether oxygens (including phenoxy) is 2. The maximum atomic E-state index is 11.8. The van der Waals surface area contributed by atoms with Crippen molar-refractivity contribution in [2.45, 2.75) is 368 Å². The van der Waals surface area contributed by atoms with Crippen molar-refractivity contribution in [3.05, 3.63) is 12.2 Å². The maximum absolute atomic E-state index is 11.8. The van der Waals surface area contributed by atoms with Crippen molar-refractivity contribution in [1.29, 1.82) is 0 Å². The van der Waals surface area contributed by atoms with E-state index >= 15 is 0 Å². The van der Waals surface area contributed by atoms with Crippen LogP contribution < -0.4 is 0 Å². The lowest BCUT2D eigenvalue weighted by atomic mass is 10.0. The van der Waals surface area contributed by atoms with Crippen molar-refractivity contribution < 1.29 is 34.4 Å². The molecule has 7 nitrogen and oxygen atoms in total. The van der Waals surface area contributed by atoms with Gasteiger partial charge in [-0.3, -0.25) is 9.59 Å². The number of hydrogen-bond acceptors (Lipinski definition) is 7. The lowest BCUT2D eigenvalue weighted by Crippen LogP contribution is -2.21. The third kappa shape index (κ3) is 75.1. The van der Waals surface area contributed by atoms with Crippen LogP contribution in [0.25, 0.3) is 0 Å². The van der Waals surface area contributed by atoms with E-state index in [9.17, 15) is 9.59 Å². The number of allylic oxidation sites excluding steroid dienone is 2. The highest BCUT2D eigenvalue weighted by Gasteiger charge is 2.08. The number of carbonyl (C=O) groups is 2. The maximum Gasteiger partial charge on any atom is 0.305 e. The van der Waals surface area contributed by atoms with Crippen molar-refractivity contribution in [3.8, 4) is 0 Å². The largest absolute Gasteiger partial charge is 0.466 e. The number of esters is 2. The molecule has 0 rings (SSSR count). The summed E-state index contributed by atoms with van der Waals surface area (Å²) in [5.74, 6) is -0.266. The number of hydrogen-bond donors (Lipinski definition) is 3. The quantitative estimate of drug-likeness (QED) is 0.0316. The molecule has 0 aliphatic rings. The predicted octanol–water partition coefficient (Wildman–Crippen LogP) is 20.3. The molecule has 72 heavy (non-hydrogen) atoms. The van der Waals surface area contributed by atoms with E-state index in [-0.39, 0.29) is 25.2 Å². The van der Waals surface area contributed by atoms with E-state index < -0.39 is 6.10 Å². The summed E-state index contributed by atoms with van der Waals surface area (Å²) in [4.78, 5) is 23.1. The Morgan fingerprint density at radius 2 is 0.583 bits per heavy atom. The molecular weight excluding hydrogens is 893 g/mol. The monoisotopic (exact) mass is 1020 g/mol. The zero-order chi connectivity index (χ0) is 53.2. The van der Waals surface area contributed by atoms with E-state index in [1.54, 1.807) is 0 Å². The van der Waals surface area contributed by atoms with Crippen LogP contribution in [0.5, 0.6) is 0 Å². The molecule has 0 saturated heterocycles. The SMILES string of the molecule is CCCCCCCC/C=C\CCCCCCCC(=O)OCCCCCCCCCC.CCCCCCCCCCCCCCCCCC(=O)OCC(O)CO.CCCCCCCCCCCCCCCCO. The van der Waals surface area contributed by atoms with Crippen LogP contribution in [0.4, 0.5) is 0 Å². The average molecular weight is 1020 g/mol. The first-order valence-corrected chi connectivity index (χ1v) is 32.3. The highest BCUT2D eigenvalue weighted by atomic mass is 16.5. The molecule has 7 heteroatoms. The topological polar surface area (TPSA) is 113 Å². The van der Waals surface area contributed by atoms with Gasteiger partial charge in [0.2, 0.25) is 0 Å². The zero-order valence-electron chi connectivity index (χ0n) is 49.3. The van der Waals surface area contributed by atoms with E-state index in [1.807, 2.05) is 0 Å². The molecule has 3 N–H and O–H groups in total. The van der Waals surface area contributed by atoms with E-state index in [0.717, 1.165) is 38.5 Å². The molecule has 1 atom stereocenters. The minimum Gasteiger partial charge on any atom is -0.466 e. The van der Waals surface area contributed by atoms with E-state index in [2.05, 4.69) is 39.8 Å². The van der Waals surface area contributed by atoms with Crippen molar-refractivity contribution in [2.24, 2.45) is 0 Å². The Kier molecular flexibility index (Phi) is 74.4. The third-order valence-corrected chi connectivity index (χ3v) is 14.0. The van der Waals surface area contributed by atoms with Gasteiger partial charge in [0.25, 0.3) is 0 Å². The van der Waals surface area contributed by atoms with Crippen molar-refractivity contribution >= 4 is 11.9 Å². The highest BCUT2D eigenvalue weighted by Crippen LogP contribution is 2.16. The Labute approximate surface area is 450 Å². The Morgan fingerprint density at radius 3 is 0.875 bits per heavy atom. The van der Waals surface area contributed by atoms with Crippen LogP contribution >= 0.6 is 0 Å². The van der Waals surface area contributed by atoms with Crippen LogP contribution in [0.2, 0.25) is 0 Å². The van der Waals surface area contributed by atoms with Crippen molar-refractivity contribution in [2.75, 3.05) is 26.4 Å². The molecule has 0 aromatic rings. The summed E-state index contributed by atoms with van der Waals surface area (Å²) < 4.78 is 10.2. The molecule has 0 amide bonds. The number of unbranched alkanes of at least 4 members (excludes halogenated alkanes) is 45. The number of aliphatic hydroxyl groups is 3. The molecule has 432 valence electrons. The van der Waals surface area contributed by atoms with Gasteiger partial charge in [-0.15, -0.1) is 0 Å². The van der Waals surface area contributed by atoms with Gasteiger partial charge in [-0.2, -0.15) is 0 Å². The van der Waals surface area contributed by atoms with Gasteiger partial charge in [-0.05, 0) is 51.4 Å². The number of aliphatic hydroxyl groups excluding tert-OH is 3. The molecular formula is C65H130O7. The van der Waals surface area contributed by atoms with Crippen LogP contribution in [-0.2, 0) is 19.1 Å². The Bertz CT molecular complexity index is 988. The third-order valence-electron chi connectivity index (χ3n) is 14.0. The fraction of sp³-hybridized carbons (Fsp3) is 0.938. The van der Waals surface area contributed by atoms with Gasteiger partial charge >= 0.3 is 11.9 Å². The van der Waals surface area contributed by atoms with Crippen LogP contribution in [0.15, 0.2) is 12.2 Å². The van der Waals surface area contributed by atoms with Gasteiger partial charge in [0, 0.05) is 19.4 Å². The summed E-state index contributed by atoms with van der Waals surface area (Å²) in [5, 5.41) is 26.4. The standard InChI is InChI=1S/C28H54O2.C21H42O4.C16H34O/c1-3-5-7-9-11-13-14-15-16-17-18-19-20-22-24-26-28(29)30-27-25-23-21-12-10-8-6-4-2;1-2-3-4-5-6-7-8-9-10-11-12-13-14-15-16-17-21(24)25-19-20(23)18-22;1-2-3-4-5-6-7-8-9-10-11-12-13-14-15-16-17/h15-16H,3-14,17-27H2,1-2H3;20,22-23H,2-19H2,1H3;17H,2-16H2,1H3/b16-15-;;. The molecule has 0 radical (unpaired) electrons. The molecule has 0 spiro atoms. The lowest BCUT2D eigenvalue weighted by Gasteiger charge is -2.08. The molecule has 0 aromatic carbocycles. The lowest BCUT2D eigenvalue weighted by molar-refractivity contribution is -0.147. The van der Waals surface area contributed by atoms with Crippen LogP contribution in [0, 0.1) is 0 Å². The fourth-order valence-corrected chi connectivity index (χ4v) is 9.10. The molecule has 0 aliphatic heterocycles. The Hall–Kier alpha value is -1.44. The molecule has 0 bridgehead atoms. The van der Waals surface area contributed by atoms with Gasteiger partial charge in [0.05, 0.1) is 13.2 Å². The molecule has 0 saturated carbocycles. The van der Waals surface area contributed by atoms with Gasteiger partial charge in [0.15, 0.2) is 0 Å². The van der Waals surface area contributed by atoms with E-state index in [1.165, 1.54) is 283 Å². The van der Waals surface area contributed by atoms with Gasteiger partial charge in [-0.1, -0.05) is 310 Å². The molecule has 0 fully saturated rings. The smallest absolute Gasteiger partial charge is 0.305 e. The second kappa shape index (κ2) is 71.6. The summed E-state index contributed by atoms with van der Waals surface area (Å²) in [6.45, 7) is 9.60.